The van der Waals surface area contributed by atoms with Gasteiger partial charge in [-0.15, -0.1) is 0 Å². The summed E-state index contributed by atoms with van der Waals surface area (Å²) in [6.07, 6.45) is 3.88. The van der Waals surface area contributed by atoms with E-state index in [0.717, 1.165) is 25.7 Å². The van der Waals surface area contributed by atoms with Gasteiger partial charge >= 0.3 is 0 Å². The van der Waals surface area contributed by atoms with Crippen LogP contribution in [0.4, 0.5) is 8.78 Å². The second-order valence-corrected chi connectivity index (χ2v) is 4.81. The number of hydrogen-bond donors (Lipinski definition) is 0. The lowest BCUT2D eigenvalue weighted by molar-refractivity contribution is 0.0655. The zero-order valence-corrected chi connectivity index (χ0v) is 10.3. The Morgan fingerprint density at radius 3 is 2.29 bits per heavy atom. The minimum Gasteiger partial charge on any atom is -0.381 e. The van der Waals surface area contributed by atoms with Crippen LogP contribution in [0.1, 0.15) is 42.7 Å². The topological polar surface area (TPSA) is 9.23 Å². The fraction of sp³-hybridized carbons (Fsp3) is 0.571. The van der Waals surface area contributed by atoms with Gasteiger partial charge in [-0.1, -0.05) is 12.1 Å². The molecule has 2 rings (SSSR count). The standard InChI is InChI=1S/C14H18F2O/c1-9-3-8-12(14(16)13(9)15)10-4-6-11(17-2)7-5-10/h3,8,10-11H,4-7H2,1-2H3. The SMILES string of the molecule is COC1CCC(c2ccc(C)c(F)c2F)CC1. The van der Waals surface area contributed by atoms with E-state index in [9.17, 15) is 8.78 Å². The van der Waals surface area contributed by atoms with Crippen molar-refractivity contribution >= 4 is 0 Å². The van der Waals surface area contributed by atoms with Gasteiger partial charge in [0.15, 0.2) is 11.6 Å². The quantitative estimate of drug-likeness (QED) is 0.760. The predicted octanol–water partition coefficient (Wildman–Crippen LogP) is 3.95. The first kappa shape index (κ1) is 12.5. The van der Waals surface area contributed by atoms with Crippen molar-refractivity contribution in [3.05, 3.63) is 34.9 Å². The molecule has 0 aromatic heterocycles. The van der Waals surface area contributed by atoms with E-state index in [-0.39, 0.29) is 12.0 Å². The maximum atomic E-state index is 13.8. The lowest BCUT2D eigenvalue weighted by atomic mass is 9.82. The molecule has 0 heterocycles. The van der Waals surface area contributed by atoms with Crippen molar-refractivity contribution in [3.63, 3.8) is 0 Å². The van der Waals surface area contributed by atoms with Gasteiger partial charge in [0.25, 0.3) is 0 Å². The van der Waals surface area contributed by atoms with Gasteiger partial charge in [0, 0.05) is 7.11 Å². The van der Waals surface area contributed by atoms with Crippen molar-refractivity contribution in [1.29, 1.82) is 0 Å². The number of halogens is 2. The van der Waals surface area contributed by atoms with Gasteiger partial charge < -0.3 is 4.74 Å². The molecule has 0 bridgehead atoms. The first-order chi connectivity index (χ1) is 8.13. The predicted molar refractivity (Wildman–Crippen MR) is 63.1 cm³/mol. The normalized spacial score (nSPS) is 24.9. The Morgan fingerprint density at radius 1 is 1.06 bits per heavy atom. The van der Waals surface area contributed by atoms with Crippen LogP contribution >= 0.6 is 0 Å². The Morgan fingerprint density at radius 2 is 1.71 bits per heavy atom. The van der Waals surface area contributed by atoms with Crippen LogP contribution in [0, 0.1) is 18.6 Å². The number of benzene rings is 1. The van der Waals surface area contributed by atoms with Gasteiger partial charge in [0.1, 0.15) is 0 Å². The van der Waals surface area contributed by atoms with Crippen LogP contribution in [0.3, 0.4) is 0 Å². The molecule has 17 heavy (non-hydrogen) atoms. The Balaban J connectivity index is 2.16. The molecule has 0 unspecified atom stereocenters. The molecule has 1 aromatic carbocycles. The van der Waals surface area contributed by atoms with Crippen molar-refractivity contribution in [2.24, 2.45) is 0 Å². The first-order valence-electron chi connectivity index (χ1n) is 6.10. The number of hydrogen-bond acceptors (Lipinski definition) is 1. The molecular weight excluding hydrogens is 222 g/mol. The summed E-state index contributed by atoms with van der Waals surface area (Å²) in [6.45, 7) is 1.59. The van der Waals surface area contributed by atoms with Crippen molar-refractivity contribution in [3.8, 4) is 0 Å². The molecule has 0 aliphatic heterocycles. The van der Waals surface area contributed by atoms with Gasteiger partial charge in [-0.05, 0) is 49.7 Å². The maximum absolute atomic E-state index is 13.8. The van der Waals surface area contributed by atoms with E-state index < -0.39 is 11.6 Å². The summed E-state index contributed by atoms with van der Waals surface area (Å²) in [4.78, 5) is 0. The highest BCUT2D eigenvalue weighted by Gasteiger charge is 2.25. The zero-order valence-electron chi connectivity index (χ0n) is 10.3. The molecule has 0 amide bonds. The third kappa shape index (κ3) is 2.49. The van der Waals surface area contributed by atoms with Gasteiger partial charge in [-0.2, -0.15) is 0 Å². The highest BCUT2D eigenvalue weighted by Crippen LogP contribution is 2.35. The summed E-state index contributed by atoms with van der Waals surface area (Å²) < 4.78 is 32.6. The number of rotatable bonds is 2. The van der Waals surface area contributed by atoms with E-state index in [1.807, 2.05) is 0 Å². The summed E-state index contributed by atoms with van der Waals surface area (Å²) in [5, 5.41) is 0. The molecule has 0 radical (unpaired) electrons. The molecule has 94 valence electrons. The molecule has 3 heteroatoms. The zero-order chi connectivity index (χ0) is 12.4. The molecule has 1 aliphatic rings. The van der Waals surface area contributed by atoms with Crippen LogP contribution in [-0.2, 0) is 4.74 Å². The minimum atomic E-state index is -0.698. The summed E-state index contributed by atoms with van der Waals surface area (Å²) >= 11 is 0. The van der Waals surface area contributed by atoms with Crippen molar-refractivity contribution < 1.29 is 13.5 Å². The second-order valence-electron chi connectivity index (χ2n) is 4.81. The van der Waals surface area contributed by atoms with Crippen molar-refractivity contribution in [1.82, 2.24) is 0 Å². The number of ether oxygens (including phenoxy) is 1. The van der Waals surface area contributed by atoms with Crippen LogP contribution in [0.5, 0.6) is 0 Å². The highest BCUT2D eigenvalue weighted by atomic mass is 19.2. The van der Waals surface area contributed by atoms with Crippen LogP contribution < -0.4 is 0 Å². The molecule has 1 fully saturated rings. The Kier molecular flexibility index (Phi) is 3.77. The Hall–Kier alpha value is -0.960. The maximum Gasteiger partial charge on any atom is 0.162 e. The van der Waals surface area contributed by atoms with Crippen LogP contribution in [0.15, 0.2) is 12.1 Å². The van der Waals surface area contributed by atoms with Gasteiger partial charge in [-0.3, -0.25) is 0 Å². The molecule has 0 atom stereocenters. The monoisotopic (exact) mass is 240 g/mol. The van der Waals surface area contributed by atoms with Gasteiger partial charge in [0.05, 0.1) is 6.10 Å². The van der Waals surface area contributed by atoms with E-state index >= 15 is 0 Å². The third-order valence-corrected chi connectivity index (χ3v) is 3.75. The van der Waals surface area contributed by atoms with Gasteiger partial charge in [0.2, 0.25) is 0 Å². The second kappa shape index (κ2) is 5.13. The van der Waals surface area contributed by atoms with E-state index in [1.165, 1.54) is 0 Å². The lowest BCUT2D eigenvalue weighted by Gasteiger charge is -2.28. The van der Waals surface area contributed by atoms with Crippen molar-refractivity contribution in [2.45, 2.75) is 44.6 Å². The van der Waals surface area contributed by atoms with Crippen LogP contribution in [0.25, 0.3) is 0 Å². The van der Waals surface area contributed by atoms with E-state index in [2.05, 4.69) is 0 Å². The molecule has 0 saturated heterocycles. The number of methoxy groups -OCH3 is 1. The Bertz CT molecular complexity index is 395. The average Bonchev–Trinajstić information content (AvgIpc) is 2.36. The van der Waals surface area contributed by atoms with Crippen LogP contribution in [-0.4, -0.2) is 13.2 Å². The van der Waals surface area contributed by atoms with Crippen molar-refractivity contribution in [2.75, 3.05) is 7.11 Å². The summed E-state index contributed by atoms with van der Waals surface area (Å²) in [5.41, 5.74) is 0.902. The molecule has 1 saturated carbocycles. The summed E-state index contributed by atoms with van der Waals surface area (Å²) in [6, 6.07) is 3.39. The molecule has 1 aliphatic carbocycles. The van der Waals surface area contributed by atoms with E-state index in [1.54, 1.807) is 26.2 Å². The fourth-order valence-electron chi connectivity index (χ4n) is 2.59. The fourth-order valence-corrected chi connectivity index (χ4v) is 2.59. The summed E-state index contributed by atoms with van der Waals surface area (Å²) in [5.74, 6) is -1.22. The molecule has 1 aromatic rings. The molecule has 1 nitrogen and oxygen atoms in total. The van der Waals surface area contributed by atoms with E-state index in [0.29, 0.717) is 11.1 Å². The Labute approximate surface area is 101 Å². The minimum absolute atomic E-state index is 0.136. The first-order valence-corrected chi connectivity index (χ1v) is 6.10. The number of aryl methyl sites for hydroxylation is 1. The molecule has 0 spiro atoms. The van der Waals surface area contributed by atoms with Crippen LogP contribution in [0.2, 0.25) is 0 Å². The third-order valence-electron chi connectivity index (χ3n) is 3.75. The largest absolute Gasteiger partial charge is 0.381 e. The van der Waals surface area contributed by atoms with Gasteiger partial charge in [-0.25, -0.2) is 8.78 Å². The smallest absolute Gasteiger partial charge is 0.162 e. The highest BCUT2D eigenvalue weighted by molar-refractivity contribution is 5.28. The lowest BCUT2D eigenvalue weighted by Crippen LogP contribution is -2.20. The summed E-state index contributed by atoms with van der Waals surface area (Å²) in [7, 11) is 1.71. The van der Waals surface area contributed by atoms with E-state index in [4.69, 9.17) is 4.74 Å². The molecular formula is C14H18F2O. The molecule has 0 N–H and O–H groups in total. The average molecular weight is 240 g/mol.